The van der Waals surface area contributed by atoms with E-state index < -0.39 is 12.5 Å². The third-order valence-corrected chi connectivity index (χ3v) is 7.66. The van der Waals surface area contributed by atoms with Crippen LogP contribution in [0.25, 0.3) is 0 Å². The second-order valence-electron chi connectivity index (χ2n) is 10.7. The first-order chi connectivity index (χ1) is 17.6. The van der Waals surface area contributed by atoms with Gasteiger partial charge < -0.3 is 19.5 Å². The minimum absolute atomic E-state index is 0.113. The molecule has 4 atom stereocenters. The molecule has 2 aromatic carbocycles. The average Bonchev–Trinajstić information content (AvgIpc) is 2.84. The number of hydrogen-bond acceptors (Lipinski definition) is 4. The van der Waals surface area contributed by atoms with Crippen molar-refractivity contribution in [3.05, 3.63) is 75.8 Å². The van der Waals surface area contributed by atoms with E-state index in [0.29, 0.717) is 10.6 Å². The zero-order valence-electron chi connectivity index (χ0n) is 22.0. The van der Waals surface area contributed by atoms with Crippen LogP contribution in [0.15, 0.2) is 54.1 Å². The van der Waals surface area contributed by atoms with E-state index in [1.165, 1.54) is 10.5 Å². The molecular formula is C30H36ClNO5. The molecule has 6 nitrogen and oxygen atoms in total. The molecule has 2 aliphatic heterocycles. The Morgan fingerprint density at radius 1 is 1.16 bits per heavy atom. The number of carbonyl (C=O) groups excluding carboxylic acids is 1. The Bertz CT molecular complexity index is 1170. The molecule has 1 N–H and O–H groups in total. The summed E-state index contributed by atoms with van der Waals surface area (Å²) in [6, 6.07) is 12.4. The number of aliphatic carboxylic acids is 1. The summed E-state index contributed by atoms with van der Waals surface area (Å²) < 4.78 is 13.1. The summed E-state index contributed by atoms with van der Waals surface area (Å²) in [5.74, 6) is -0.525. The smallest absolute Gasteiger partial charge is 0.323 e. The Labute approximate surface area is 224 Å². The van der Waals surface area contributed by atoms with E-state index in [1.807, 2.05) is 12.1 Å². The van der Waals surface area contributed by atoms with E-state index >= 15 is 0 Å². The highest BCUT2D eigenvalue weighted by molar-refractivity contribution is 6.30. The minimum atomic E-state index is -1.07. The van der Waals surface area contributed by atoms with Crippen LogP contribution < -0.4 is 4.74 Å². The van der Waals surface area contributed by atoms with Crippen molar-refractivity contribution < 1.29 is 24.2 Å². The van der Waals surface area contributed by atoms with Gasteiger partial charge in [0.25, 0.3) is 5.91 Å². The highest BCUT2D eigenvalue weighted by Gasteiger charge is 2.49. The molecule has 1 fully saturated rings. The lowest BCUT2D eigenvalue weighted by molar-refractivity contribution is -0.152. The summed E-state index contributed by atoms with van der Waals surface area (Å²) in [5, 5.41) is 10.1. The highest BCUT2D eigenvalue weighted by Crippen LogP contribution is 2.52. The van der Waals surface area contributed by atoms with Crippen LogP contribution in [0.5, 0.6) is 5.75 Å². The van der Waals surface area contributed by atoms with Gasteiger partial charge in [0, 0.05) is 28.6 Å². The molecule has 0 spiro atoms. The summed E-state index contributed by atoms with van der Waals surface area (Å²) in [6.45, 7) is 8.22. The third kappa shape index (κ3) is 6.36. The van der Waals surface area contributed by atoms with Crippen LogP contribution >= 0.6 is 11.6 Å². The molecule has 2 heterocycles. The molecule has 0 bridgehead atoms. The van der Waals surface area contributed by atoms with Crippen molar-refractivity contribution in [2.75, 3.05) is 6.54 Å². The Morgan fingerprint density at radius 2 is 1.89 bits per heavy atom. The zero-order chi connectivity index (χ0) is 26.7. The maximum atomic E-state index is 13.5. The highest BCUT2D eigenvalue weighted by atomic mass is 35.5. The summed E-state index contributed by atoms with van der Waals surface area (Å²) in [7, 11) is 0. The number of halogens is 1. The standard InChI is InChI=1S/C30H36ClNO5/c1-19(2)6-5-15-30(4)25-13-7-20(3)36-28(25)24-16-22(10-14-26(24)37-30)29(35)32(18-27(33)34)17-21-8-11-23(31)12-9-21/h6,8-12,14,16,20,25,28H,5,7,13,15,17-18H2,1-4H3,(H,33,34)/t20-,25-,28+,30+/m1/s1. The molecule has 0 saturated carbocycles. The monoisotopic (exact) mass is 525 g/mol. The number of fused-ring (bicyclic) bond motifs is 3. The van der Waals surface area contributed by atoms with Crippen LogP contribution in [0.3, 0.4) is 0 Å². The number of nitrogens with zero attached hydrogens (tertiary/aromatic N) is 1. The number of carboxylic acid groups (broad SMARTS) is 1. The maximum Gasteiger partial charge on any atom is 0.323 e. The third-order valence-electron chi connectivity index (χ3n) is 7.41. The van der Waals surface area contributed by atoms with E-state index in [2.05, 4.69) is 33.8 Å². The van der Waals surface area contributed by atoms with Crippen LogP contribution in [0.4, 0.5) is 0 Å². The van der Waals surface area contributed by atoms with Crippen molar-refractivity contribution in [1.29, 1.82) is 0 Å². The average molecular weight is 526 g/mol. The zero-order valence-corrected chi connectivity index (χ0v) is 22.8. The van der Waals surface area contributed by atoms with Gasteiger partial charge in [0.2, 0.25) is 0 Å². The topological polar surface area (TPSA) is 76.1 Å². The summed E-state index contributed by atoms with van der Waals surface area (Å²) in [6.07, 6.45) is 5.93. The number of benzene rings is 2. The number of ether oxygens (including phenoxy) is 2. The van der Waals surface area contributed by atoms with Gasteiger partial charge >= 0.3 is 5.97 Å². The van der Waals surface area contributed by atoms with Gasteiger partial charge in [0.05, 0.1) is 12.2 Å². The first kappa shape index (κ1) is 27.2. The predicted octanol–water partition coefficient (Wildman–Crippen LogP) is 6.82. The van der Waals surface area contributed by atoms with E-state index in [1.54, 1.807) is 30.3 Å². The molecule has 7 heteroatoms. The summed E-state index contributed by atoms with van der Waals surface area (Å²) in [5.41, 5.74) is 3.00. The molecule has 0 radical (unpaired) electrons. The molecule has 37 heavy (non-hydrogen) atoms. The van der Waals surface area contributed by atoms with Gasteiger partial charge in [0.1, 0.15) is 17.9 Å². The molecule has 0 unspecified atom stereocenters. The van der Waals surface area contributed by atoms with Crippen molar-refractivity contribution in [3.8, 4) is 5.75 Å². The second-order valence-corrected chi connectivity index (χ2v) is 11.2. The van der Waals surface area contributed by atoms with Crippen LogP contribution in [-0.2, 0) is 16.1 Å². The summed E-state index contributed by atoms with van der Waals surface area (Å²) >= 11 is 5.99. The Hall–Kier alpha value is -2.83. The number of carboxylic acids is 1. The first-order valence-electron chi connectivity index (χ1n) is 12.9. The Balaban J connectivity index is 1.64. The normalized spacial score (nSPS) is 24.3. The first-order valence-corrected chi connectivity index (χ1v) is 13.3. The van der Waals surface area contributed by atoms with Gasteiger partial charge in [-0.05, 0) is 89.3 Å². The van der Waals surface area contributed by atoms with E-state index in [4.69, 9.17) is 21.1 Å². The second kappa shape index (κ2) is 11.3. The van der Waals surface area contributed by atoms with Gasteiger partial charge in [-0.1, -0.05) is 35.4 Å². The van der Waals surface area contributed by atoms with E-state index in [9.17, 15) is 14.7 Å². The summed E-state index contributed by atoms with van der Waals surface area (Å²) in [4.78, 5) is 26.5. The Morgan fingerprint density at radius 3 is 2.57 bits per heavy atom. The fraction of sp³-hybridized carbons (Fsp3) is 0.467. The Kier molecular flexibility index (Phi) is 8.29. The lowest BCUT2D eigenvalue weighted by Crippen LogP contribution is -2.50. The molecule has 2 aliphatic rings. The quantitative estimate of drug-likeness (QED) is 0.383. The van der Waals surface area contributed by atoms with Crippen molar-refractivity contribution in [1.82, 2.24) is 4.90 Å². The lowest BCUT2D eigenvalue weighted by Gasteiger charge is -2.50. The SMILES string of the molecule is CC(C)=CCC[C@]1(C)Oc2ccc(C(=O)N(CC(=O)O)Cc3ccc(Cl)cc3)cc2[C@@H]2O[C@H](C)CC[C@H]21. The maximum absolute atomic E-state index is 13.5. The van der Waals surface area contributed by atoms with E-state index in [-0.39, 0.29) is 36.2 Å². The predicted molar refractivity (Wildman–Crippen MR) is 144 cm³/mol. The molecule has 1 saturated heterocycles. The van der Waals surface area contributed by atoms with Gasteiger partial charge in [-0.25, -0.2) is 0 Å². The molecule has 0 aromatic heterocycles. The number of hydrogen-bond donors (Lipinski definition) is 1. The number of allylic oxidation sites excluding steroid dienone is 2. The number of amides is 1. The van der Waals surface area contributed by atoms with E-state index in [0.717, 1.165) is 42.6 Å². The van der Waals surface area contributed by atoms with Crippen LogP contribution in [0, 0.1) is 5.92 Å². The number of rotatable bonds is 8. The molecule has 1 amide bonds. The molecule has 198 valence electrons. The minimum Gasteiger partial charge on any atom is -0.487 e. The van der Waals surface area contributed by atoms with Gasteiger partial charge in [-0.15, -0.1) is 0 Å². The molecular weight excluding hydrogens is 490 g/mol. The van der Waals surface area contributed by atoms with Crippen molar-refractivity contribution >= 4 is 23.5 Å². The fourth-order valence-electron chi connectivity index (χ4n) is 5.46. The van der Waals surface area contributed by atoms with Gasteiger partial charge in [0.15, 0.2) is 0 Å². The van der Waals surface area contributed by atoms with Crippen molar-refractivity contribution in [3.63, 3.8) is 0 Å². The molecule has 4 rings (SSSR count). The van der Waals surface area contributed by atoms with Crippen LogP contribution in [0.2, 0.25) is 5.02 Å². The van der Waals surface area contributed by atoms with Crippen LogP contribution in [-0.4, -0.2) is 40.1 Å². The van der Waals surface area contributed by atoms with Crippen molar-refractivity contribution in [2.24, 2.45) is 5.92 Å². The van der Waals surface area contributed by atoms with Gasteiger partial charge in [-0.3, -0.25) is 9.59 Å². The lowest BCUT2D eigenvalue weighted by atomic mass is 9.72. The van der Waals surface area contributed by atoms with Gasteiger partial charge in [-0.2, -0.15) is 0 Å². The van der Waals surface area contributed by atoms with Crippen LogP contribution in [0.1, 0.15) is 81.0 Å². The largest absolute Gasteiger partial charge is 0.487 e. The molecule has 2 aromatic rings. The number of carbonyl (C=O) groups is 2. The molecule has 0 aliphatic carbocycles. The van der Waals surface area contributed by atoms with Crippen molar-refractivity contribution in [2.45, 2.75) is 77.7 Å². The fourth-order valence-corrected chi connectivity index (χ4v) is 5.58.